The summed E-state index contributed by atoms with van der Waals surface area (Å²) in [4.78, 5) is 14.5. The maximum absolute atomic E-state index is 12.0. The number of esters is 1. The zero-order chi connectivity index (χ0) is 14.8. The van der Waals surface area contributed by atoms with Crippen LogP contribution >= 0.6 is 0 Å². The fourth-order valence-corrected chi connectivity index (χ4v) is 3.93. The van der Waals surface area contributed by atoms with Crippen molar-refractivity contribution in [3.63, 3.8) is 0 Å². The van der Waals surface area contributed by atoms with Crippen molar-refractivity contribution in [2.24, 2.45) is 11.7 Å². The van der Waals surface area contributed by atoms with Gasteiger partial charge in [-0.25, -0.2) is 0 Å². The molecule has 4 nitrogen and oxygen atoms in total. The normalized spacial score (nSPS) is 38.1. The van der Waals surface area contributed by atoms with Gasteiger partial charge in [0.25, 0.3) is 0 Å². The quantitative estimate of drug-likeness (QED) is 0.804. The monoisotopic (exact) mass is 282 g/mol. The molecule has 0 aromatic rings. The lowest BCUT2D eigenvalue weighted by Crippen LogP contribution is -2.49. The Balaban J connectivity index is 1.92. The van der Waals surface area contributed by atoms with Crippen molar-refractivity contribution in [1.29, 1.82) is 0 Å². The molecule has 4 heteroatoms. The molecular formula is C16H30N2O2. The van der Waals surface area contributed by atoms with E-state index in [-0.39, 0.29) is 5.97 Å². The van der Waals surface area contributed by atoms with Crippen LogP contribution < -0.4 is 5.73 Å². The van der Waals surface area contributed by atoms with Crippen LogP contribution in [0.4, 0.5) is 0 Å². The third-order valence-electron chi connectivity index (χ3n) is 5.27. The summed E-state index contributed by atoms with van der Waals surface area (Å²) in [5.41, 5.74) is 5.52. The highest BCUT2D eigenvalue weighted by Crippen LogP contribution is 2.35. The smallest absolute Gasteiger partial charge is 0.326 e. The topological polar surface area (TPSA) is 55.6 Å². The van der Waals surface area contributed by atoms with Crippen LogP contribution in [0.15, 0.2) is 0 Å². The van der Waals surface area contributed by atoms with Crippen LogP contribution in [0.2, 0.25) is 0 Å². The second kappa shape index (κ2) is 6.44. The van der Waals surface area contributed by atoms with Gasteiger partial charge in [-0.15, -0.1) is 0 Å². The highest BCUT2D eigenvalue weighted by atomic mass is 16.5. The Morgan fingerprint density at radius 2 is 2.10 bits per heavy atom. The Morgan fingerprint density at radius 3 is 2.75 bits per heavy atom. The van der Waals surface area contributed by atoms with E-state index in [0.717, 1.165) is 25.2 Å². The van der Waals surface area contributed by atoms with E-state index in [1.54, 1.807) is 0 Å². The lowest BCUT2D eigenvalue weighted by Gasteiger charge is -2.38. The van der Waals surface area contributed by atoms with E-state index in [9.17, 15) is 4.79 Å². The average Bonchev–Trinajstić information content (AvgIpc) is 2.82. The molecule has 0 spiro atoms. The molecule has 0 aromatic heterocycles. The van der Waals surface area contributed by atoms with Crippen molar-refractivity contribution in [3.8, 4) is 0 Å². The third kappa shape index (κ3) is 3.34. The molecule has 2 fully saturated rings. The lowest BCUT2D eigenvalue weighted by atomic mass is 9.85. The SMILES string of the molecule is CCOC(=O)C1(N)CCC(N(C)C2CCCC(C)C2)C1. The van der Waals surface area contributed by atoms with Crippen LogP contribution in [-0.2, 0) is 9.53 Å². The Hall–Kier alpha value is -0.610. The van der Waals surface area contributed by atoms with Gasteiger partial charge in [0.1, 0.15) is 5.54 Å². The van der Waals surface area contributed by atoms with E-state index in [1.807, 2.05) is 6.92 Å². The van der Waals surface area contributed by atoms with Gasteiger partial charge in [0.05, 0.1) is 6.61 Å². The van der Waals surface area contributed by atoms with Gasteiger partial charge in [-0.3, -0.25) is 4.79 Å². The van der Waals surface area contributed by atoms with Crippen molar-refractivity contribution in [2.75, 3.05) is 13.7 Å². The van der Waals surface area contributed by atoms with E-state index in [0.29, 0.717) is 18.7 Å². The maximum atomic E-state index is 12.0. The van der Waals surface area contributed by atoms with Crippen molar-refractivity contribution < 1.29 is 9.53 Å². The standard InChI is InChI=1S/C16H30N2O2/c1-4-20-15(19)16(17)9-8-14(11-16)18(3)13-7-5-6-12(2)10-13/h12-14H,4-11,17H2,1-3H3. The first-order chi connectivity index (χ1) is 9.46. The Labute approximate surface area is 123 Å². The molecule has 0 amide bonds. The lowest BCUT2D eigenvalue weighted by molar-refractivity contribution is -0.149. The fraction of sp³-hybridized carbons (Fsp3) is 0.938. The molecule has 20 heavy (non-hydrogen) atoms. The summed E-state index contributed by atoms with van der Waals surface area (Å²) < 4.78 is 5.14. The predicted molar refractivity (Wildman–Crippen MR) is 80.4 cm³/mol. The second-order valence-electron chi connectivity index (χ2n) is 6.86. The molecule has 4 unspecified atom stereocenters. The summed E-state index contributed by atoms with van der Waals surface area (Å²) >= 11 is 0. The Bertz CT molecular complexity index is 347. The van der Waals surface area contributed by atoms with Crippen LogP contribution in [0.1, 0.15) is 58.8 Å². The van der Waals surface area contributed by atoms with Gasteiger partial charge in [0, 0.05) is 12.1 Å². The molecule has 0 bridgehead atoms. The first-order valence-corrected chi connectivity index (χ1v) is 8.14. The number of carbonyl (C=O) groups excluding carboxylic acids is 1. The van der Waals surface area contributed by atoms with Crippen LogP contribution in [0, 0.1) is 5.92 Å². The molecule has 0 aliphatic heterocycles. The molecule has 0 saturated heterocycles. The fourth-order valence-electron chi connectivity index (χ4n) is 3.93. The maximum Gasteiger partial charge on any atom is 0.326 e. The molecular weight excluding hydrogens is 252 g/mol. The number of nitrogens with two attached hydrogens (primary N) is 1. The van der Waals surface area contributed by atoms with Crippen molar-refractivity contribution in [2.45, 2.75) is 76.4 Å². The van der Waals surface area contributed by atoms with Gasteiger partial charge in [0.15, 0.2) is 0 Å². The summed E-state index contributed by atoms with van der Waals surface area (Å²) in [6, 6.07) is 1.09. The summed E-state index contributed by atoms with van der Waals surface area (Å²) in [5.74, 6) is 0.609. The van der Waals surface area contributed by atoms with Crippen molar-refractivity contribution in [1.82, 2.24) is 4.90 Å². The second-order valence-corrected chi connectivity index (χ2v) is 6.86. The predicted octanol–water partition coefficient (Wildman–Crippen LogP) is 2.31. The first kappa shape index (κ1) is 15.8. The van der Waals surface area contributed by atoms with Gasteiger partial charge in [-0.1, -0.05) is 19.8 Å². The van der Waals surface area contributed by atoms with Gasteiger partial charge in [-0.05, 0) is 52.0 Å². The van der Waals surface area contributed by atoms with Gasteiger partial charge in [0.2, 0.25) is 0 Å². The van der Waals surface area contributed by atoms with Crippen molar-refractivity contribution >= 4 is 5.97 Å². The zero-order valence-corrected chi connectivity index (χ0v) is 13.2. The van der Waals surface area contributed by atoms with Gasteiger partial charge >= 0.3 is 5.97 Å². The van der Waals surface area contributed by atoms with E-state index in [2.05, 4.69) is 18.9 Å². The minimum Gasteiger partial charge on any atom is -0.465 e. The summed E-state index contributed by atoms with van der Waals surface area (Å²) in [7, 11) is 2.21. The molecule has 2 aliphatic carbocycles. The molecule has 0 radical (unpaired) electrons. The average molecular weight is 282 g/mol. The third-order valence-corrected chi connectivity index (χ3v) is 5.27. The summed E-state index contributed by atoms with van der Waals surface area (Å²) in [6.07, 6.45) is 7.76. The number of ether oxygens (including phenoxy) is 1. The Kier molecular flexibility index (Phi) is 5.08. The number of carbonyl (C=O) groups is 1. The minimum atomic E-state index is -0.755. The highest BCUT2D eigenvalue weighted by Gasteiger charge is 2.45. The van der Waals surface area contributed by atoms with E-state index >= 15 is 0 Å². The molecule has 4 atom stereocenters. The molecule has 0 heterocycles. The van der Waals surface area contributed by atoms with Crippen LogP contribution in [0.3, 0.4) is 0 Å². The van der Waals surface area contributed by atoms with Crippen LogP contribution in [0.25, 0.3) is 0 Å². The molecule has 2 rings (SSSR count). The van der Waals surface area contributed by atoms with Crippen molar-refractivity contribution in [3.05, 3.63) is 0 Å². The molecule has 116 valence electrons. The molecule has 0 aromatic carbocycles. The summed E-state index contributed by atoms with van der Waals surface area (Å²) in [5, 5.41) is 0. The first-order valence-electron chi connectivity index (χ1n) is 8.14. The zero-order valence-electron chi connectivity index (χ0n) is 13.2. The number of hydrogen-bond acceptors (Lipinski definition) is 4. The molecule has 2 aliphatic rings. The Morgan fingerprint density at radius 1 is 1.35 bits per heavy atom. The van der Waals surface area contributed by atoms with Gasteiger partial charge < -0.3 is 15.4 Å². The van der Waals surface area contributed by atoms with E-state index in [1.165, 1.54) is 25.7 Å². The summed E-state index contributed by atoms with van der Waals surface area (Å²) in [6.45, 7) is 4.60. The van der Waals surface area contributed by atoms with Crippen LogP contribution in [0.5, 0.6) is 0 Å². The van der Waals surface area contributed by atoms with E-state index < -0.39 is 5.54 Å². The van der Waals surface area contributed by atoms with Gasteiger partial charge in [-0.2, -0.15) is 0 Å². The highest BCUT2D eigenvalue weighted by molar-refractivity contribution is 5.81. The molecule has 2 saturated carbocycles. The minimum absolute atomic E-state index is 0.215. The molecule has 2 N–H and O–H groups in total. The number of rotatable bonds is 4. The van der Waals surface area contributed by atoms with E-state index in [4.69, 9.17) is 10.5 Å². The number of hydrogen-bond donors (Lipinski definition) is 1. The van der Waals surface area contributed by atoms with Crippen LogP contribution in [-0.4, -0.2) is 42.1 Å². The number of nitrogens with zero attached hydrogens (tertiary/aromatic N) is 1. The largest absolute Gasteiger partial charge is 0.465 e.